The average Bonchev–Trinajstić information content (AvgIpc) is 3.07. The van der Waals surface area contributed by atoms with E-state index in [2.05, 4.69) is 5.10 Å². The Labute approximate surface area is 138 Å². The van der Waals surface area contributed by atoms with Crippen LogP contribution in [-0.4, -0.2) is 44.3 Å². The van der Waals surface area contributed by atoms with Gasteiger partial charge in [0, 0.05) is 12.6 Å². The number of carbonyl (C=O) groups is 2. The minimum Gasteiger partial charge on any atom is -0.480 e. The zero-order valence-corrected chi connectivity index (χ0v) is 13.0. The number of likely N-dealkylation sites (tertiary alicyclic amines) is 1. The molecule has 0 spiro atoms. The lowest BCUT2D eigenvalue weighted by Crippen LogP contribution is -2.41. The molecule has 1 aliphatic rings. The van der Waals surface area contributed by atoms with Crippen molar-refractivity contribution in [3.63, 3.8) is 0 Å². The number of amides is 1. The summed E-state index contributed by atoms with van der Waals surface area (Å²) in [6.07, 6.45) is 1.08. The lowest BCUT2D eigenvalue weighted by atomic mass is 10.2. The second-order valence-electron chi connectivity index (χ2n) is 5.69. The van der Waals surface area contributed by atoms with E-state index in [0.29, 0.717) is 19.4 Å². The standard InChI is InChI=1S/C17H17N3O4/c21-15-9-8-13(16(22)19-10-4-7-14(19)17(23)24)18-20(15)11-12-5-2-1-3-6-12/h1-3,5-6,8-9,14H,4,7,10-11H2,(H,23,24)/t14-/m1/s1. The molecule has 7 heteroatoms. The third-order valence-corrected chi connectivity index (χ3v) is 4.06. The molecule has 2 heterocycles. The normalized spacial score (nSPS) is 17.0. The molecule has 3 rings (SSSR count). The molecule has 1 atom stereocenters. The number of carboxylic acid groups (broad SMARTS) is 1. The van der Waals surface area contributed by atoms with Crippen molar-refractivity contribution in [2.24, 2.45) is 0 Å². The van der Waals surface area contributed by atoms with E-state index in [9.17, 15) is 19.5 Å². The number of hydrogen-bond donors (Lipinski definition) is 1. The minimum absolute atomic E-state index is 0.0821. The number of carboxylic acids is 1. The molecule has 124 valence electrons. The van der Waals surface area contributed by atoms with Gasteiger partial charge in [-0.05, 0) is 24.5 Å². The SMILES string of the molecule is O=C(O)[C@H]1CCCN1C(=O)c1ccc(=O)n(Cc2ccccc2)n1. The van der Waals surface area contributed by atoms with Crippen LogP contribution >= 0.6 is 0 Å². The molecule has 24 heavy (non-hydrogen) atoms. The van der Waals surface area contributed by atoms with Crippen LogP contribution in [-0.2, 0) is 11.3 Å². The average molecular weight is 327 g/mol. The summed E-state index contributed by atoms with van der Waals surface area (Å²) in [5.41, 5.74) is 0.659. The predicted molar refractivity (Wildman–Crippen MR) is 85.7 cm³/mol. The first-order valence-electron chi connectivity index (χ1n) is 7.72. The van der Waals surface area contributed by atoms with E-state index in [1.807, 2.05) is 30.3 Å². The van der Waals surface area contributed by atoms with Crippen LogP contribution in [0, 0.1) is 0 Å². The molecule has 2 aromatic rings. The van der Waals surface area contributed by atoms with Crippen LogP contribution in [0.25, 0.3) is 0 Å². The molecule has 7 nitrogen and oxygen atoms in total. The van der Waals surface area contributed by atoms with Crippen molar-refractivity contribution in [1.29, 1.82) is 0 Å². The van der Waals surface area contributed by atoms with Crippen LogP contribution < -0.4 is 5.56 Å². The Kier molecular flexibility index (Phi) is 4.41. The Hall–Kier alpha value is -2.96. The number of nitrogens with zero attached hydrogens (tertiary/aromatic N) is 3. The van der Waals surface area contributed by atoms with Crippen LogP contribution in [0.4, 0.5) is 0 Å². The van der Waals surface area contributed by atoms with E-state index in [4.69, 9.17) is 0 Å². The molecule has 1 aliphatic heterocycles. The first kappa shape index (κ1) is 15.9. The van der Waals surface area contributed by atoms with E-state index < -0.39 is 17.9 Å². The first-order chi connectivity index (χ1) is 11.6. The highest BCUT2D eigenvalue weighted by Gasteiger charge is 2.35. The highest BCUT2D eigenvalue weighted by molar-refractivity contribution is 5.95. The molecule has 0 bridgehead atoms. The van der Waals surface area contributed by atoms with Crippen LogP contribution in [0.3, 0.4) is 0 Å². The maximum absolute atomic E-state index is 12.6. The number of aromatic nitrogens is 2. The minimum atomic E-state index is -1.02. The maximum atomic E-state index is 12.6. The van der Waals surface area contributed by atoms with Crippen LogP contribution in [0.1, 0.15) is 28.9 Å². The second-order valence-corrected chi connectivity index (χ2v) is 5.69. The van der Waals surface area contributed by atoms with Gasteiger partial charge in [-0.1, -0.05) is 30.3 Å². The number of rotatable bonds is 4. The van der Waals surface area contributed by atoms with Gasteiger partial charge < -0.3 is 10.0 Å². The zero-order chi connectivity index (χ0) is 17.1. The van der Waals surface area contributed by atoms with E-state index in [1.54, 1.807) is 0 Å². The fourth-order valence-electron chi connectivity index (χ4n) is 2.85. The second kappa shape index (κ2) is 6.66. The molecular weight excluding hydrogens is 310 g/mol. The summed E-state index contributed by atoms with van der Waals surface area (Å²) in [6.45, 7) is 0.637. The van der Waals surface area contributed by atoms with Gasteiger partial charge in [0.25, 0.3) is 11.5 Å². The number of aliphatic carboxylic acids is 1. The van der Waals surface area contributed by atoms with Gasteiger partial charge >= 0.3 is 5.97 Å². The van der Waals surface area contributed by atoms with Gasteiger partial charge in [0.15, 0.2) is 0 Å². The molecule has 1 N–H and O–H groups in total. The fraction of sp³-hybridized carbons (Fsp3) is 0.294. The number of carbonyl (C=O) groups excluding carboxylic acids is 1. The van der Waals surface area contributed by atoms with Gasteiger partial charge in [-0.3, -0.25) is 9.59 Å². The summed E-state index contributed by atoms with van der Waals surface area (Å²) in [5.74, 6) is -1.47. The van der Waals surface area contributed by atoms with Gasteiger partial charge in [-0.25, -0.2) is 9.48 Å². The highest BCUT2D eigenvalue weighted by Crippen LogP contribution is 2.19. The molecule has 0 aliphatic carbocycles. The quantitative estimate of drug-likeness (QED) is 0.904. The molecule has 1 aromatic heterocycles. The largest absolute Gasteiger partial charge is 0.480 e. The van der Waals surface area contributed by atoms with Crippen molar-refractivity contribution in [3.8, 4) is 0 Å². The van der Waals surface area contributed by atoms with Gasteiger partial charge in [0.05, 0.1) is 6.54 Å². The third-order valence-electron chi connectivity index (χ3n) is 4.06. The van der Waals surface area contributed by atoms with Crippen molar-refractivity contribution in [2.75, 3.05) is 6.54 Å². The third kappa shape index (κ3) is 3.19. The summed E-state index contributed by atoms with van der Waals surface area (Å²) in [6, 6.07) is 11.1. The van der Waals surface area contributed by atoms with Gasteiger partial charge in [0.1, 0.15) is 11.7 Å². The summed E-state index contributed by atoms with van der Waals surface area (Å²) in [4.78, 5) is 37.1. The molecular formula is C17H17N3O4. The lowest BCUT2D eigenvalue weighted by molar-refractivity contribution is -0.141. The lowest BCUT2D eigenvalue weighted by Gasteiger charge is -2.21. The first-order valence-corrected chi connectivity index (χ1v) is 7.72. The molecule has 1 amide bonds. The summed E-state index contributed by atoms with van der Waals surface area (Å²) in [5, 5.41) is 13.3. The summed E-state index contributed by atoms with van der Waals surface area (Å²) in [7, 11) is 0. The molecule has 1 fully saturated rings. The smallest absolute Gasteiger partial charge is 0.326 e. The van der Waals surface area contributed by atoms with E-state index >= 15 is 0 Å². The van der Waals surface area contributed by atoms with Crippen molar-refractivity contribution in [3.05, 3.63) is 64.1 Å². The number of benzene rings is 1. The Balaban J connectivity index is 1.86. The van der Waals surface area contributed by atoms with E-state index in [-0.39, 0.29) is 17.8 Å². The maximum Gasteiger partial charge on any atom is 0.326 e. The Bertz CT molecular complexity index is 816. The van der Waals surface area contributed by atoms with Crippen molar-refractivity contribution in [2.45, 2.75) is 25.4 Å². The summed E-state index contributed by atoms with van der Waals surface area (Å²) >= 11 is 0. The molecule has 0 saturated carbocycles. The Morgan fingerprint density at radius 1 is 1.17 bits per heavy atom. The number of hydrogen-bond acceptors (Lipinski definition) is 4. The fourth-order valence-corrected chi connectivity index (χ4v) is 2.85. The van der Waals surface area contributed by atoms with Crippen molar-refractivity contribution >= 4 is 11.9 Å². The van der Waals surface area contributed by atoms with E-state index in [1.165, 1.54) is 21.7 Å². The van der Waals surface area contributed by atoms with Crippen LogP contribution in [0.15, 0.2) is 47.3 Å². The molecule has 1 saturated heterocycles. The van der Waals surface area contributed by atoms with Crippen molar-refractivity contribution in [1.82, 2.24) is 14.7 Å². The molecule has 0 radical (unpaired) electrons. The van der Waals surface area contributed by atoms with E-state index in [0.717, 1.165) is 5.56 Å². The predicted octanol–water partition coefficient (Wildman–Crippen LogP) is 0.981. The topological polar surface area (TPSA) is 92.5 Å². The van der Waals surface area contributed by atoms with Crippen LogP contribution in [0.2, 0.25) is 0 Å². The Morgan fingerprint density at radius 2 is 1.92 bits per heavy atom. The molecule has 0 unspecified atom stereocenters. The van der Waals surface area contributed by atoms with Gasteiger partial charge in [-0.2, -0.15) is 5.10 Å². The molecule has 1 aromatic carbocycles. The van der Waals surface area contributed by atoms with Gasteiger partial charge in [-0.15, -0.1) is 0 Å². The van der Waals surface area contributed by atoms with Gasteiger partial charge in [0.2, 0.25) is 0 Å². The highest BCUT2D eigenvalue weighted by atomic mass is 16.4. The zero-order valence-electron chi connectivity index (χ0n) is 13.0. The van der Waals surface area contributed by atoms with Crippen LogP contribution in [0.5, 0.6) is 0 Å². The summed E-state index contributed by atoms with van der Waals surface area (Å²) < 4.78 is 1.22. The monoisotopic (exact) mass is 327 g/mol. The van der Waals surface area contributed by atoms with Crippen molar-refractivity contribution < 1.29 is 14.7 Å². The Morgan fingerprint density at radius 3 is 2.62 bits per heavy atom.